The van der Waals surface area contributed by atoms with Crippen molar-refractivity contribution in [2.75, 3.05) is 11.9 Å². The minimum Gasteiger partial charge on any atom is -0.337 e. The summed E-state index contributed by atoms with van der Waals surface area (Å²) >= 11 is 2.86. The fourth-order valence-corrected chi connectivity index (χ4v) is 5.40. The number of amides is 2. The summed E-state index contributed by atoms with van der Waals surface area (Å²) < 4.78 is 0. The highest BCUT2D eigenvalue weighted by molar-refractivity contribution is 7.16. The molecule has 1 aliphatic heterocycles. The molecule has 4 aromatic rings. The highest BCUT2D eigenvalue weighted by atomic mass is 32.1. The average Bonchev–Trinajstić information content (AvgIpc) is 3.49. The number of fused-ring (bicyclic) bond motifs is 1. The summed E-state index contributed by atoms with van der Waals surface area (Å²) in [5, 5.41) is 5.35. The maximum absolute atomic E-state index is 12.9. The van der Waals surface area contributed by atoms with Gasteiger partial charge in [-0.1, -0.05) is 72.0 Å². The summed E-state index contributed by atoms with van der Waals surface area (Å²) in [5.41, 5.74) is 4.30. The lowest BCUT2D eigenvalue weighted by Crippen LogP contribution is -2.36. The van der Waals surface area contributed by atoms with E-state index in [-0.39, 0.29) is 11.8 Å². The quantitative estimate of drug-likeness (QED) is 0.443. The first-order valence-corrected chi connectivity index (χ1v) is 12.1. The Morgan fingerprint density at radius 3 is 2.50 bits per heavy atom. The summed E-state index contributed by atoms with van der Waals surface area (Å²) in [5.74, 6) is -0.0290. The van der Waals surface area contributed by atoms with Crippen LogP contribution in [0.5, 0.6) is 0 Å². The lowest BCUT2D eigenvalue weighted by Gasteiger charge is -2.26. The van der Waals surface area contributed by atoms with Gasteiger partial charge in [0, 0.05) is 17.8 Å². The van der Waals surface area contributed by atoms with Crippen LogP contribution in [0.1, 0.15) is 25.8 Å². The van der Waals surface area contributed by atoms with Gasteiger partial charge in [0.25, 0.3) is 5.91 Å². The largest absolute Gasteiger partial charge is 0.337 e. The normalized spacial score (nSPS) is 12.9. The summed E-state index contributed by atoms with van der Waals surface area (Å²) in [6.07, 6.45) is 1.09. The third kappa shape index (κ3) is 4.49. The van der Waals surface area contributed by atoms with E-state index < -0.39 is 0 Å². The fraction of sp³-hybridized carbons (Fsp3) is 0.160. The molecule has 0 saturated heterocycles. The molecule has 2 amide bonds. The van der Waals surface area contributed by atoms with Gasteiger partial charge in [-0.2, -0.15) is 0 Å². The predicted octanol–water partition coefficient (Wildman–Crippen LogP) is 5.25. The molecule has 3 heterocycles. The Hall–Kier alpha value is -3.29. The van der Waals surface area contributed by atoms with Crippen molar-refractivity contribution in [2.45, 2.75) is 19.4 Å². The number of nitrogens with zero attached hydrogens (tertiary/aromatic N) is 2. The first-order chi connectivity index (χ1) is 15.7. The molecule has 7 heteroatoms. The number of benzene rings is 2. The zero-order chi connectivity index (χ0) is 21.9. The van der Waals surface area contributed by atoms with Crippen molar-refractivity contribution in [3.63, 3.8) is 0 Å². The molecule has 0 unspecified atom stereocenters. The molecule has 2 aromatic carbocycles. The molecule has 5 rings (SSSR count). The van der Waals surface area contributed by atoms with Gasteiger partial charge in [0.05, 0.1) is 23.5 Å². The molecule has 1 N–H and O–H groups in total. The molecule has 32 heavy (non-hydrogen) atoms. The standard InChI is InChI=1S/C25H21N3O2S2/c29-23(15-17-8-10-19(11-9-17)18-5-2-1-3-6-18)28-13-12-20-22(16-28)32-25(26-20)27-24(30)21-7-4-14-31-21/h1-11,14H,12-13,15-16H2,(H,26,27,30). The zero-order valence-corrected chi connectivity index (χ0v) is 18.9. The van der Waals surface area contributed by atoms with Crippen LogP contribution in [0.4, 0.5) is 5.13 Å². The van der Waals surface area contributed by atoms with Gasteiger partial charge in [-0.3, -0.25) is 14.9 Å². The van der Waals surface area contributed by atoms with Crippen molar-refractivity contribution in [1.29, 1.82) is 0 Å². The van der Waals surface area contributed by atoms with E-state index >= 15 is 0 Å². The Morgan fingerprint density at radius 1 is 0.969 bits per heavy atom. The predicted molar refractivity (Wildman–Crippen MR) is 129 cm³/mol. The Kier molecular flexibility index (Phi) is 5.83. The van der Waals surface area contributed by atoms with Crippen LogP contribution >= 0.6 is 22.7 Å². The summed E-state index contributed by atoms with van der Waals surface area (Å²) in [6.45, 7) is 1.19. The fourth-order valence-electron chi connectivity index (χ4n) is 3.76. The van der Waals surface area contributed by atoms with Crippen LogP contribution in [0.15, 0.2) is 72.1 Å². The molecule has 2 aromatic heterocycles. The first-order valence-electron chi connectivity index (χ1n) is 10.4. The lowest BCUT2D eigenvalue weighted by atomic mass is 10.0. The van der Waals surface area contributed by atoms with E-state index in [0.29, 0.717) is 35.9 Å². The van der Waals surface area contributed by atoms with Crippen molar-refractivity contribution in [3.05, 3.63) is 93.1 Å². The number of aromatic nitrogens is 1. The van der Waals surface area contributed by atoms with Gasteiger partial charge < -0.3 is 4.90 Å². The molecular weight excluding hydrogens is 438 g/mol. The SMILES string of the molecule is O=C(Nc1nc2c(s1)CN(C(=O)Cc1ccc(-c3ccccc3)cc1)CC2)c1cccs1. The van der Waals surface area contributed by atoms with Gasteiger partial charge >= 0.3 is 0 Å². The van der Waals surface area contributed by atoms with Gasteiger partial charge in [0.2, 0.25) is 5.91 Å². The van der Waals surface area contributed by atoms with Crippen molar-refractivity contribution in [1.82, 2.24) is 9.88 Å². The third-order valence-electron chi connectivity index (χ3n) is 5.47. The number of rotatable bonds is 5. The second kappa shape index (κ2) is 9.06. The van der Waals surface area contributed by atoms with Crippen molar-refractivity contribution in [3.8, 4) is 11.1 Å². The molecule has 5 nitrogen and oxygen atoms in total. The number of hydrogen-bond acceptors (Lipinski definition) is 5. The van der Waals surface area contributed by atoms with Crippen molar-refractivity contribution < 1.29 is 9.59 Å². The van der Waals surface area contributed by atoms with Crippen LogP contribution in [-0.4, -0.2) is 28.2 Å². The van der Waals surface area contributed by atoms with Gasteiger partial charge in [0.15, 0.2) is 5.13 Å². The molecule has 1 aliphatic rings. The summed E-state index contributed by atoms with van der Waals surface area (Å²) in [6, 6.07) is 22.0. The minimum atomic E-state index is -0.141. The Morgan fingerprint density at radius 2 is 1.75 bits per heavy atom. The van der Waals surface area contributed by atoms with Crippen LogP contribution in [0.3, 0.4) is 0 Å². The molecule has 0 bridgehead atoms. The van der Waals surface area contributed by atoms with Gasteiger partial charge in [-0.15, -0.1) is 11.3 Å². The van der Waals surface area contributed by atoms with E-state index in [2.05, 4.69) is 34.6 Å². The molecular formula is C25H21N3O2S2. The van der Waals surface area contributed by atoms with E-state index in [9.17, 15) is 9.59 Å². The van der Waals surface area contributed by atoms with Gasteiger partial charge in [-0.05, 0) is 28.1 Å². The van der Waals surface area contributed by atoms with E-state index in [1.807, 2.05) is 46.7 Å². The zero-order valence-electron chi connectivity index (χ0n) is 17.3. The van der Waals surface area contributed by atoms with Gasteiger partial charge in [-0.25, -0.2) is 4.98 Å². The number of carbonyl (C=O) groups is 2. The summed E-state index contributed by atoms with van der Waals surface area (Å²) in [4.78, 5) is 33.4. The second-order valence-corrected chi connectivity index (χ2v) is 9.66. The molecule has 0 saturated carbocycles. The molecule has 160 valence electrons. The van der Waals surface area contributed by atoms with Crippen LogP contribution < -0.4 is 5.32 Å². The van der Waals surface area contributed by atoms with E-state index in [4.69, 9.17) is 0 Å². The van der Waals surface area contributed by atoms with Crippen LogP contribution in [0.2, 0.25) is 0 Å². The number of nitrogens with one attached hydrogen (secondary N) is 1. The smallest absolute Gasteiger partial charge is 0.267 e. The molecule has 0 radical (unpaired) electrons. The molecule has 0 fully saturated rings. The third-order valence-corrected chi connectivity index (χ3v) is 7.33. The number of carbonyl (C=O) groups excluding carboxylic acids is 2. The average molecular weight is 460 g/mol. The lowest BCUT2D eigenvalue weighted by molar-refractivity contribution is -0.131. The minimum absolute atomic E-state index is 0.112. The highest BCUT2D eigenvalue weighted by Crippen LogP contribution is 2.29. The van der Waals surface area contributed by atoms with E-state index in [1.165, 1.54) is 28.2 Å². The second-order valence-electron chi connectivity index (χ2n) is 7.63. The Labute approximate surface area is 194 Å². The molecule has 0 aliphatic carbocycles. The maximum atomic E-state index is 12.9. The van der Waals surface area contributed by atoms with Crippen molar-refractivity contribution in [2.24, 2.45) is 0 Å². The molecule has 0 atom stereocenters. The Bertz CT molecular complexity index is 1230. The van der Waals surface area contributed by atoms with E-state index in [0.717, 1.165) is 21.7 Å². The maximum Gasteiger partial charge on any atom is 0.267 e. The van der Waals surface area contributed by atoms with Crippen LogP contribution in [0.25, 0.3) is 11.1 Å². The Balaban J connectivity index is 1.21. The monoisotopic (exact) mass is 459 g/mol. The number of thiophene rings is 1. The number of hydrogen-bond donors (Lipinski definition) is 1. The summed E-state index contributed by atoms with van der Waals surface area (Å²) in [7, 11) is 0. The number of anilines is 1. The molecule has 0 spiro atoms. The first kappa shape index (κ1) is 20.6. The number of thiazole rings is 1. The van der Waals surface area contributed by atoms with E-state index in [1.54, 1.807) is 6.07 Å². The van der Waals surface area contributed by atoms with Crippen LogP contribution in [-0.2, 0) is 24.2 Å². The highest BCUT2D eigenvalue weighted by Gasteiger charge is 2.25. The topological polar surface area (TPSA) is 62.3 Å². The van der Waals surface area contributed by atoms with Crippen molar-refractivity contribution >= 4 is 39.6 Å². The van der Waals surface area contributed by atoms with Crippen LogP contribution in [0, 0.1) is 0 Å². The van der Waals surface area contributed by atoms with Gasteiger partial charge in [0.1, 0.15) is 0 Å².